The van der Waals surface area contributed by atoms with Crippen molar-refractivity contribution in [1.82, 2.24) is 0 Å². The Hall–Kier alpha value is -0.970. The Morgan fingerprint density at radius 1 is 1.47 bits per heavy atom. The number of aromatic hydroxyl groups is 1. The van der Waals surface area contributed by atoms with Crippen molar-refractivity contribution in [2.75, 3.05) is 0 Å². The molecule has 5 heteroatoms. The summed E-state index contributed by atoms with van der Waals surface area (Å²) < 4.78 is 24.8. The van der Waals surface area contributed by atoms with E-state index in [1.54, 1.807) is 6.92 Å². The van der Waals surface area contributed by atoms with Crippen LogP contribution in [0.4, 0.5) is 8.78 Å². The van der Waals surface area contributed by atoms with Crippen LogP contribution in [0, 0.1) is 0 Å². The SMILES string of the molecule is CC(Br)C(=O)c1ccc(O)c(C(F)F)c1. The number of halogens is 3. The molecule has 0 aliphatic rings. The first kappa shape index (κ1) is 12.1. The van der Waals surface area contributed by atoms with E-state index in [-0.39, 0.29) is 11.3 Å². The highest BCUT2D eigenvalue weighted by Gasteiger charge is 2.17. The van der Waals surface area contributed by atoms with Crippen molar-refractivity contribution in [3.63, 3.8) is 0 Å². The Labute approximate surface area is 94.0 Å². The molecular formula is C10H9BrF2O2. The smallest absolute Gasteiger partial charge is 0.267 e. The fraction of sp³-hybridized carbons (Fsp3) is 0.300. The van der Waals surface area contributed by atoms with Crippen LogP contribution in [0.15, 0.2) is 18.2 Å². The molecule has 0 bridgehead atoms. The molecule has 15 heavy (non-hydrogen) atoms. The standard InChI is InChI=1S/C10H9BrF2O2/c1-5(11)9(15)6-2-3-8(14)7(4-6)10(12)13/h2-5,10,14H,1H3. The fourth-order valence-electron chi connectivity index (χ4n) is 1.11. The van der Waals surface area contributed by atoms with E-state index in [4.69, 9.17) is 5.11 Å². The van der Waals surface area contributed by atoms with Gasteiger partial charge in [-0.15, -0.1) is 0 Å². The summed E-state index contributed by atoms with van der Waals surface area (Å²) in [7, 11) is 0. The second kappa shape index (κ2) is 4.70. The van der Waals surface area contributed by atoms with Crippen LogP contribution in [-0.4, -0.2) is 15.7 Å². The largest absolute Gasteiger partial charge is 0.507 e. The lowest BCUT2D eigenvalue weighted by atomic mass is 10.1. The number of alkyl halides is 3. The molecule has 1 aromatic carbocycles. The molecule has 0 fully saturated rings. The maximum Gasteiger partial charge on any atom is 0.267 e. The molecular weight excluding hydrogens is 270 g/mol. The van der Waals surface area contributed by atoms with E-state index < -0.39 is 22.6 Å². The van der Waals surface area contributed by atoms with Gasteiger partial charge in [-0.3, -0.25) is 4.79 Å². The average molecular weight is 279 g/mol. The van der Waals surface area contributed by atoms with E-state index in [1.807, 2.05) is 0 Å². The number of Topliss-reactive ketones (excluding diaryl/α,β-unsaturated/α-hetero) is 1. The highest BCUT2D eigenvalue weighted by atomic mass is 79.9. The first-order valence-electron chi connectivity index (χ1n) is 4.23. The van der Waals surface area contributed by atoms with Crippen LogP contribution < -0.4 is 0 Å². The Morgan fingerprint density at radius 2 is 2.07 bits per heavy atom. The molecule has 1 N–H and O–H groups in total. The van der Waals surface area contributed by atoms with Gasteiger partial charge in [0.1, 0.15) is 5.75 Å². The third kappa shape index (κ3) is 2.75. The molecule has 0 aliphatic heterocycles. The third-order valence-electron chi connectivity index (χ3n) is 1.91. The number of carbonyl (C=O) groups is 1. The van der Waals surface area contributed by atoms with Crippen LogP contribution >= 0.6 is 15.9 Å². The summed E-state index contributed by atoms with van der Waals surface area (Å²) in [6.07, 6.45) is -2.79. The number of hydrogen-bond donors (Lipinski definition) is 1. The minimum atomic E-state index is -2.79. The predicted molar refractivity (Wildman–Crippen MR) is 55.8 cm³/mol. The first-order chi connectivity index (χ1) is 6.93. The third-order valence-corrected chi connectivity index (χ3v) is 2.32. The van der Waals surface area contributed by atoms with Crippen LogP contribution in [0.1, 0.15) is 29.3 Å². The zero-order valence-electron chi connectivity index (χ0n) is 7.88. The predicted octanol–water partition coefficient (Wildman–Crippen LogP) is 3.30. The average Bonchev–Trinajstić information content (AvgIpc) is 2.16. The van der Waals surface area contributed by atoms with Gasteiger partial charge in [0.15, 0.2) is 5.78 Å². The van der Waals surface area contributed by atoms with E-state index in [0.29, 0.717) is 0 Å². The maximum absolute atomic E-state index is 12.4. The van der Waals surface area contributed by atoms with E-state index in [1.165, 1.54) is 6.07 Å². The minimum Gasteiger partial charge on any atom is -0.507 e. The molecule has 0 aliphatic carbocycles. The topological polar surface area (TPSA) is 37.3 Å². The number of ketones is 1. The molecule has 1 rings (SSSR count). The minimum absolute atomic E-state index is 0.160. The van der Waals surface area contributed by atoms with Gasteiger partial charge < -0.3 is 5.11 Å². The van der Waals surface area contributed by atoms with Gasteiger partial charge in [-0.05, 0) is 25.1 Å². The van der Waals surface area contributed by atoms with Crippen molar-refractivity contribution < 1.29 is 18.7 Å². The molecule has 1 atom stereocenters. The van der Waals surface area contributed by atoms with Crippen LogP contribution in [-0.2, 0) is 0 Å². The Balaban J connectivity index is 3.13. The van der Waals surface area contributed by atoms with Gasteiger partial charge in [-0.2, -0.15) is 0 Å². The van der Waals surface area contributed by atoms with Crippen LogP contribution in [0.5, 0.6) is 5.75 Å². The number of benzene rings is 1. The van der Waals surface area contributed by atoms with Gasteiger partial charge in [0.2, 0.25) is 0 Å². The molecule has 0 spiro atoms. The summed E-state index contributed by atoms with van der Waals surface area (Å²) in [6, 6.07) is 3.44. The zero-order chi connectivity index (χ0) is 11.6. The summed E-state index contributed by atoms with van der Waals surface area (Å²) >= 11 is 3.06. The molecule has 0 amide bonds. The zero-order valence-corrected chi connectivity index (χ0v) is 9.46. The number of rotatable bonds is 3. The monoisotopic (exact) mass is 278 g/mol. The van der Waals surface area contributed by atoms with Crippen LogP contribution in [0.25, 0.3) is 0 Å². The lowest BCUT2D eigenvalue weighted by Gasteiger charge is -2.07. The Bertz CT molecular complexity index is 378. The highest BCUT2D eigenvalue weighted by Crippen LogP contribution is 2.29. The van der Waals surface area contributed by atoms with E-state index >= 15 is 0 Å². The number of phenolic OH excluding ortho intramolecular Hbond substituents is 1. The summed E-state index contributed by atoms with van der Waals surface area (Å²) in [5.41, 5.74) is -0.360. The lowest BCUT2D eigenvalue weighted by Crippen LogP contribution is -2.10. The normalized spacial score (nSPS) is 12.9. The van der Waals surface area contributed by atoms with Gasteiger partial charge in [0, 0.05) is 5.56 Å². The van der Waals surface area contributed by atoms with Crippen molar-refractivity contribution in [1.29, 1.82) is 0 Å². The van der Waals surface area contributed by atoms with E-state index in [9.17, 15) is 13.6 Å². The van der Waals surface area contributed by atoms with Crippen molar-refractivity contribution in [2.45, 2.75) is 18.2 Å². The Morgan fingerprint density at radius 3 is 2.53 bits per heavy atom. The van der Waals surface area contributed by atoms with Gasteiger partial charge in [0.25, 0.3) is 6.43 Å². The second-order valence-electron chi connectivity index (χ2n) is 3.05. The summed E-state index contributed by atoms with van der Waals surface area (Å²) in [5.74, 6) is -0.791. The molecule has 0 radical (unpaired) electrons. The number of phenols is 1. The molecule has 0 saturated heterocycles. The van der Waals surface area contributed by atoms with Crippen molar-refractivity contribution in [3.8, 4) is 5.75 Å². The molecule has 2 nitrogen and oxygen atoms in total. The van der Waals surface area contributed by atoms with E-state index in [2.05, 4.69) is 15.9 Å². The molecule has 0 saturated carbocycles. The second-order valence-corrected chi connectivity index (χ2v) is 4.43. The summed E-state index contributed by atoms with van der Waals surface area (Å²) in [6.45, 7) is 1.61. The summed E-state index contributed by atoms with van der Waals surface area (Å²) in [5, 5.41) is 9.12. The molecule has 0 aromatic heterocycles. The Kier molecular flexibility index (Phi) is 3.79. The van der Waals surface area contributed by atoms with Crippen LogP contribution in [0.3, 0.4) is 0 Å². The quantitative estimate of drug-likeness (QED) is 0.681. The molecule has 82 valence electrons. The van der Waals surface area contributed by atoms with Gasteiger partial charge in [-0.25, -0.2) is 8.78 Å². The molecule has 1 aromatic rings. The number of hydrogen-bond acceptors (Lipinski definition) is 2. The maximum atomic E-state index is 12.4. The fourth-order valence-corrected chi connectivity index (χ4v) is 1.38. The highest BCUT2D eigenvalue weighted by molar-refractivity contribution is 9.10. The van der Waals surface area contributed by atoms with Gasteiger partial charge in [-0.1, -0.05) is 15.9 Å². The van der Waals surface area contributed by atoms with Crippen molar-refractivity contribution in [2.24, 2.45) is 0 Å². The molecule has 0 heterocycles. The lowest BCUT2D eigenvalue weighted by molar-refractivity contribution is 0.0995. The molecule has 1 unspecified atom stereocenters. The van der Waals surface area contributed by atoms with Crippen molar-refractivity contribution >= 4 is 21.7 Å². The van der Waals surface area contributed by atoms with Gasteiger partial charge in [0.05, 0.1) is 10.4 Å². The van der Waals surface area contributed by atoms with Crippen molar-refractivity contribution in [3.05, 3.63) is 29.3 Å². The number of carbonyl (C=O) groups excluding carboxylic acids is 1. The summed E-state index contributed by atoms with van der Waals surface area (Å²) in [4.78, 5) is 11.0. The van der Waals surface area contributed by atoms with E-state index in [0.717, 1.165) is 12.1 Å². The van der Waals surface area contributed by atoms with Crippen LogP contribution in [0.2, 0.25) is 0 Å². The van der Waals surface area contributed by atoms with Gasteiger partial charge >= 0.3 is 0 Å². The first-order valence-corrected chi connectivity index (χ1v) is 5.14.